The highest BCUT2D eigenvalue weighted by atomic mass is 35.5. The van der Waals surface area contributed by atoms with E-state index < -0.39 is 5.91 Å². The van der Waals surface area contributed by atoms with Crippen LogP contribution in [0.15, 0.2) is 41.6 Å². The largest absolute Gasteiger partial charge is 0.496 e. The van der Waals surface area contributed by atoms with Gasteiger partial charge in [0.05, 0.1) is 29.8 Å². The van der Waals surface area contributed by atoms with Crippen LogP contribution in [0, 0.1) is 0 Å². The number of hydrogen-bond donors (Lipinski definition) is 2. The van der Waals surface area contributed by atoms with Gasteiger partial charge in [0.1, 0.15) is 5.75 Å². The van der Waals surface area contributed by atoms with Gasteiger partial charge in [-0.05, 0) is 37.2 Å². The van der Waals surface area contributed by atoms with Crippen LogP contribution in [0.3, 0.4) is 0 Å². The molecule has 0 saturated carbocycles. The fourth-order valence-electron chi connectivity index (χ4n) is 4.35. The maximum absolute atomic E-state index is 11.9. The maximum atomic E-state index is 11.9. The monoisotopic (exact) mass is 474 g/mol. The molecule has 0 spiro atoms. The number of hydrogen-bond acceptors (Lipinski definition) is 6. The normalized spacial score (nSPS) is 19.3. The molecule has 0 aliphatic carbocycles. The zero-order chi connectivity index (χ0) is 22.7. The molecule has 0 radical (unpaired) electrons. The maximum Gasteiger partial charge on any atom is 0.252 e. The molecule has 2 aromatic carbocycles. The van der Waals surface area contributed by atoms with Gasteiger partial charge in [-0.3, -0.25) is 9.69 Å². The van der Waals surface area contributed by atoms with Crippen LogP contribution in [0.25, 0.3) is 11.0 Å². The number of piperidine rings is 1. The molecule has 3 N–H and O–H groups in total. The van der Waals surface area contributed by atoms with Crippen LogP contribution in [0.4, 0.5) is 0 Å². The third kappa shape index (κ3) is 4.88. The average molecular weight is 475 g/mol. The Kier molecular flexibility index (Phi) is 7.25. The lowest BCUT2D eigenvalue weighted by atomic mass is 9.85. The second-order valence-corrected chi connectivity index (χ2v) is 9.34. The van der Waals surface area contributed by atoms with Crippen LogP contribution >= 0.6 is 23.4 Å². The quantitative estimate of drug-likeness (QED) is 0.480. The summed E-state index contributed by atoms with van der Waals surface area (Å²) in [5.41, 5.74) is 8.76. The van der Waals surface area contributed by atoms with Gasteiger partial charge in [-0.1, -0.05) is 35.5 Å². The molecule has 1 aliphatic heterocycles. The zero-order valence-electron chi connectivity index (χ0n) is 18.1. The zero-order valence-corrected chi connectivity index (χ0v) is 19.7. The van der Waals surface area contributed by atoms with E-state index in [2.05, 4.69) is 14.9 Å². The number of nitrogens with one attached hydrogen (secondary N) is 1. The minimum atomic E-state index is -0.556. The molecule has 1 saturated heterocycles. The van der Waals surface area contributed by atoms with E-state index in [-0.39, 0.29) is 12.0 Å². The molecule has 1 aliphatic rings. The molecule has 0 bridgehead atoms. The first-order chi connectivity index (χ1) is 15.5. The lowest BCUT2D eigenvalue weighted by molar-refractivity contribution is 0.0161. The molecule has 32 heavy (non-hydrogen) atoms. The summed E-state index contributed by atoms with van der Waals surface area (Å²) < 4.78 is 11.4. The average Bonchev–Trinajstić information content (AvgIpc) is 3.21. The summed E-state index contributed by atoms with van der Waals surface area (Å²) in [7, 11) is 3.27. The number of nitrogens with zero attached hydrogens (tertiary/aromatic N) is 2. The fourth-order valence-corrected chi connectivity index (χ4v) is 5.46. The van der Waals surface area contributed by atoms with Crippen molar-refractivity contribution in [2.75, 3.05) is 39.6 Å². The van der Waals surface area contributed by atoms with Crippen molar-refractivity contribution in [1.82, 2.24) is 14.9 Å². The Morgan fingerprint density at radius 1 is 1.34 bits per heavy atom. The third-order valence-electron chi connectivity index (χ3n) is 5.91. The Morgan fingerprint density at radius 3 is 2.88 bits per heavy atom. The van der Waals surface area contributed by atoms with E-state index in [1.54, 1.807) is 32.0 Å². The lowest BCUT2D eigenvalue weighted by Gasteiger charge is -2.38. The number of fused-ring (bicyclic) bond motifs is 1. The van der Waals surface area contributed by atoms with Gasteiger partial charge in [0.15, 0.2) is 5.16 Å². The van der Waals surface area contributed by atoms with Crippen molar-refractivity contribution in [3.63, 3.8) is 0 Å². The van der Waals surface area contributed by atoms with E-state index in [0.29, 0.717) is 16.3 Å². The number of nitrogens with two attached hydrogens (primary N) is 1. The smallest absolute Gasteiger partial charge is 0.252 e. The van der Waals surface area contributed by atoms with Crippen molar-refractivity contribution in [2.24, 2.45) is 5.73 Å². The van der Waals surface area contributed by atoms with Crippen LogP contribution < -0.4 is 10.5 Å². The number of carbonyl (C=O) groups excluding carboxylic acids is 1. The minimum Gasteiger partial charge on any atom is -0.496 e. The van der Waals surface area contributed by atoms with Gasteiger partial charge >= 0.3 is 0 Å². The number of likely N-dealkylation sites (tertiary alicyclic amines) is 1. The van der Waals surface area contributed by atoms with Crippen molar-refractivity contribution in [3.8, 4) is 5.75 Å². The highest BCUT2D eigenvalue weighted by molar-refractivity contribution is 7.99. The summed E-state index contributed by atoms with van der Waals surface area (Å²) >= 11 is 8.01. The fraction of sp³-hybridized carbons (Fsp3) is 0.391. The van der Waals surface area contributed by atoms with E-state index in [1.807, 2.05) is 30.3 Å². The van der Waals surface area contributed by atoms with E-state index in [4.69, 9.17) is 26.8 Å². The Morgan fingerprint density at radius 2 is 2.16 bits per heavy atom. The first-order valence-electron chi connectivity index (χ1n) is 10.5. The summed E-state index contributed by atoms with van der Waals surface area (Å²) in [6, 6.07) is 11.5. The molecular formula is C23H27ClN4O3S. The summed E-state index contributed by atoms with van der Waals surface area (Å²) in [6.45, 7) is 2.61. The molecule has 170 valence electrons. The van der Waals surface area contributed by atoms with Crippen LogP contribution in [-0.4, -0.2) is 66.5 Å². The number of aromatic nitrogens is 2. The van der Waals surface area contributed by atoms with Crippen LogP contribution in [0.1, 0.15) is 28.3 Å². The van der Waals surface area contributed by atoms with Crippen LogP contribution in [0.5, 0.6) is 5.75 Å². The molecule has 1 fully saturated rings. The number of aromatic amines is 1. The number of para-hydroxylation sites is 2. The number of carbonyl (C=O) groups is 1. The second kappa shape index (κ2) is 10.1. The topological polar surface area (TPSA) is 93.5 Å². The first-order valence-corrected chi connectivity index (χ1v) is 11.9. The third-order valence-corrected chi connectivity index (χ3v) is 6.98. The van der Waals surface area contributed by atoms with Gasteiger partial charge in [0.25, 0.3) is 5.91 Å². The van der Waals surface area contributed by atoms with Gasteiger partial charge in [-0.15, -0.1) is 0 Å². The standard InChI is InChI=1S/C23H27ClN4O3S/c1-30-20-13-28(9-10-32-23-26-18-5-3-4-6-19(18)27-23)8-7-15(20)16-11-14(24)12-17(22(25)29)21(16)31-2/h3-6,11-12,15,20H,7-10,13H2,1-2H3,(H2,25,29)(H,26,27). The molecule has 1 amide bonds. The molecule has 2 heterocycles. The van der Waals surface area contributed by atoms with E-state index in [0.717, 1.165) is 53.6 Å². The van der Waals surface area contributed by atoms with Crippen molar-refractivity contribution in [2.45, 2.75) is 23.6 Å². The summed E-state index contributed by atoms with van der Waals surface area (Å²) in [4.78, 5) is 22.3. The predicted molar refractivity (Wildman–Crippen MR) is 128 cm³/mol. The lowest BCUT2D eigenvalue weighted by Crippen LogP contribution is -2.44. The van der Waals surface area contributed by atoms with Crippen molar-refractivity contribution in [1.29, 1.82) is 0 Å². The van der Waals surface area contributed by atoms with E-state index >= 15 is 0 Å². The second-order valence-electron chi connectivity index (χ2n) is 7.82. The van der Waals surface area contributed by atoms with Gasteiger partial charge in [-0.2, -0.15) is 0 Å². The predicted octanol–water partition coefficient (Wildman–Crippen LogP) is 3.92. The molecule has 2 unspecified atom stereocenters. The number of primary amides is 1. The number of thioether (sulfide) groups is 1. The summed E-state index contributed by atoms with van der Waals surface area (Å²) in [5, 5.41) is 1.40. The van der Waals surface area contributed by atoms with E-state index in [1.165, 1.54) is 0 Å². The van der Waals surface area contributed by atoms with Gasteiger partial charge in [0, 0.05) is 42.5 Å². The highest BCUT2D eigenvalue weighted by Gasteiger charge is 2.33. The van der Waals surface area contributed by atoms with Crippen molar-refractivity contribution in [3.05, 3.63) is 52.5 Å². The minimum absolute atomic E-state index is 0.0481. The summed E-state index contributed by atoms with van der Waals surface area (Å²) in [6.07, 6.45) is 0.816. The van der Waals surface area contributed by atoms with Crippen molar-refractivity contribution < 1.29 is 14.3 Å². The Balaban J connectivity index is 1.41. The first kappa shape index (κ1) is 22.9. The van der Waals surface area contributed by atoms with E-state index in [9.17, 15) is 4.79 Å². The number of benzene rings is 2. The summed E-state index contributed by atoms with van der Waals surface area (Å²) in [5.74, 6) is 0.918. The van der Waals surface area contributed by atoms with Crippen molar-refractivity contribution >= 4 is 40.3 Å². The highest BCUT2D eigenvalue weighted by Crippen LogP contribution is 2.39. The number of rotatable bonds is 8. The van der Waals surface area contributed by atoms with Crippen LogP contribution in [0.2, 0.25) is 5.02 Å². The Labute approximate surface area is 196 Å². The number of H-pyrrole nitrogens is 1. The Hall–Kier alpha value is -2.26. The molecular weight excluding hydrogens is 448 g/mol. The molecule has 9 heteroatoms. The van der Waals surface area contributed by atoms with Crippen LogP contribution in [-0.2, 0) is 4.74 Å². The van der Waals surface area contributed by atoms with Gasteiger partial charge in [0.2, 0.25) is 0 Å². The molecule has 1 aromatic heterocycles. The van der Waals surface area contributed by atoms with Gasteiger partial charge in [-0.25, -0.2) is 4.98 Å². The number of halogens is 1. The number of methoxy groups -OCH3 is 2. The number of ether oxygens (including phenoxy) is 2. The van der Waals surface area contributed by atoms with Gasteiger partial charge < -0.3 is 20.2 Å². The number of imidazole rings is 1. The Bertz CT molecular complexity index is 1070. The SMILES string of the molecule is COc1c(C(N)=O)cc(Cl)cc1C1CCN(CCSc2nc3ccccc3[nH]2)CC1OC. The molecule has 2 atom stereocenters. The molecule has 7 nitrogen and oxygen atoms in total. The molecule has 4 rings (SSSR count). The number of amides is 1. The molecule has 3 aromatic rings.